The van der Waals surface area contributed by atoms with Gasteiger partial charge in [0.05, 0.1) is 11.9 Å². The molecule has 0 aliphatic carbocycles. The molecule has 2 aromatic rings. The number of nitrogens with two attached hydrogens (primary N) is 1. The SMILES string of the molecule is CC(C)c1nc(-c2cnccn2)sc1CN. The minimum absolute atomic E-state index is 0.389. The van der Waals surface area contributed by atoms with Crippen molar-refractivity contribution < 1.29 is 0 Å². The van der Waals surface area contributed by atoms with Crippen LogP contribution in [-0.4, -0.2) is 15.0 Å². The first-order valence-electron chi connectivity index (χ1n) is 5.18. The molecule has 84 valence electrons. The zero-order valence-electron chi connectivity index (χ0n) is 9.34. The number of aromatic nitrogens is 3. The number of hydrogen-bond donors (Lipinski definition) is 1. The van der Waals surface area contributed by atoms with Crippen LogP contribution in [0, 0.1) is 0 Å². The van der Waals surface area contributed by atoms with Crippen molar-refractivity contribution in [1.29, 1.82) is 0 Å². The molecule has 0 aromatic carbocycles. The van der Waals surface area contributed by atoms with Crippen molar-refractivity contribution in [3.63, 3.8) is 0 Å². The summed E-state index contributed by atoms with van der Waals surface area (Å²) >= 11 is 1.60. The van der Waals surface area contributed by atoms with Crippen molar-refractivity contribution in [3.05, 3.63) is 29.2 Å². The van der Waals surface area contributed by atoms with Gasteiger partial charge in [-0.25, -0.2) is 4.98 Å². The molecule has 2 heterocycles. The third-order valence-corrected chi connectivity index (χ3v) is 3.36. The molecule has 0 saturated carbocycles. The van der Waals surface area contributed by atoms with E-state index in [0.29, 0.717) is 12.5 Å². The molecule has 2 aromatic heterocycles. The van der Waals surface area contributed by atoms with E-state index in [0.717, 1.165) is 21.3 Å². The van der Waals surface area contributed by atoms with Crippen LogP contribution in [0.1, 0.15) is 30.3 Å². The molecule has 0 radical (unpaired) electrons. The van der Waals surface area contributed by atoms with Gasteiger partial charge in [-0.2, -0.15) is 0 Å². The molecule has 16 heavy (non-hydrogen) atoms. The molecule has 2 rings (SSSR count). The van der Waals surface area contributed by atoms with E-state index in [4.69, 9.17) is 5.73 Å². The van der Waals surface area contributed by atoms with Gasteiger partial charge in [0, 0.05) is 23.8 Å². The lowest BCUT2D eigenvalue weighted by Gasteiger charge is -2.01. The summed E-state index contributed by atoms with van der Waals surface area (Å²) in [5.41, 5.74) is 7.61. The molecule has 0 unspecified atom stereocenters. The Hall–Kier alpha value is -1.33. The lowest BCUT2D eigenvalue weighted by molar-refractivity contribution is 0.813. The van der Waals surface area contributed by atoms with Crippen LogP contribution in [0.4, 0.5) is 0 Å². The van der Waals surface area contributed by atoms with Crippen LogP contribution < -0.4 is 5.73 Å². The van der Waals surface area contributed by atoms with Crippen LogP contribution in [0.2, 0.25) is 0 Å². The first kappa shape index (κ1) is 11.2. The molecule has 0 saturated heterocycles. The Morgan fingerprint density at radius 1 is 1.38 bits per heavy atom. The van der Waals surface area contributed by atoms with Crippen LogP contribution >= 0.6 is 11.3 Å². The van der Waals surface area contributed by atoms with E-state index in [1.54, 1.807) is 29.9 Å². The number of thiazole rings is 1. The fourth-order valence-corrected chi connectivity index (χ4v) is 2.54. The summed E-state index contributed by atoms with van der Waals surface area (Å²) in [6, 6.07) is 0. The van der Waals surface area contributed by atoms with Crippen molar-refractivity contribution in [2.75, 3.05) is 0 Å². The normalized spacial score (nSPS) is 11.0. The van der Waals surface area contributed by atoms with Crippen LogP contribution in [-0.2, 0) is 6.54 Å². The van der Waals surface area contributed by atoms with Crippen LogP contribution in [0.3, 0.4) is 0 Å². The molecule has 4 nitrogen and oxygen atoms in total. The van der Waals surface area contributed by atoms with Gasteiger partial charge in [0.1, 0.15) is 10.7 Å². The van der Waals surface area contributed by atoms with E-state index in [-0.39, 0.29) is 0 Å². The quantitative estimate of drug-likeness (QED) is 0.884. The topological polar surface area (TPSA) is 64.7 Å². The maximum Gasteiger partial charge on any atom is 0.144 e. The molecule has 0 bridgehead atoms. The van der Waals surface area contributed by atoms with Gasteiger partial charge in [0.2, 0.25) is 0 Å². The molecule has 0 spiro atoms. The Bertz CT molecular complexity index is 464. The Balaban J connectivity index is 2.44. The average Bonchev–Trinajstić information content (AvgIpc) is 2.74. The number of rotatable bonds is 3. The Morgan fingerprint density at radius 2 is 2.19 bits per heavy atom. The highest BCUT2D eigenvalue weighted by atomic mass is 32.1. The smallest absolute Gasteiger partial charge is 0.144 e. The van der Waals surface area contributed by atoms with Gasteiger partial charge >= 0.3 is 0 Å². The van der Waals surface area contributed by atoms with Crippen molar-refractivity contribution in [2.24, 2.45) is 5.73 Å². The van der Waals surface area contributed by atoms with E-state index >= 15 is 0 Å². The number of nitrogens with zero attached hydrogens (tertiary/aromatic N) is 3. The second kappa shape index (κ2) is 4.67. The number of hydrogen-bond acceptors (Lipinski definition) is 5. The van der Waals surface area contributed by atoms with Crippen LogP contribution in [0.15, 0.2) is 18.6 Å². The lowest BCUT2D eigenvalue weighted by atomic mass is 10.1. The summed E-state index contributed by atoms with van der Waals surface area (Å²) in [4.78, 5) is 14.0. The molecule has 0 amide bonds. The third kappa shape index (κ3) is 2.10. The van der Waals surface area contributed by atoms with Gasteiger partial charge in [-0.05, 0) is 5.92 Å². The Kier molecular flexibility index (Phi) is 3.26. The predicted octanol–water partition coefficient (Wildman–Crippen LogP) is 2.18. The van der Waals surface area contributed by atoms with E-state index in [1.807, 2.05) is 0 Å². The van der Waals surface area contributed by atoms with Gasteiger partial charge in [0.15, 0.2) is 0 Å². The molecular formula is C11H14N4S. The van der Waals surface area contributed by atoms with Gasteiger partial charge < -0.3 is 5.73 Å². The molecule has 0 fully saturated rings. The summed E-state index contributed by atoms with van der Waals surface area (Å²) in [6.45, 7) is 4.77. The molecule has 5 heteroatoms. The minimum atomic E-state index is 0.389. The first-order chi connectivity index (χ1) is 7.72. The molecule has 0 aliphatic heterocycles. The summed E-state index contributed by atoms with van der Waals surface area (Å²) in [5, 5.41) is 0.900. The monoisotopic (exact) mass is 234 g/mol. The summed E-state index contributed by atoms with van der Waals surface area (Å²) in [6.07, 6.45) is 5.06. The third-order valence-electron chi connectivity index (χ3n) is 2.24. The molecule has 2 N–H and O–H groups in total. The largest absolute Gasteiger partial charge is 0.326 e. The van der Waals surface area contributed by atoms with Crippen LogP contribution in [0.25, 0.3) is 10.7 Å². The second-order valence-electron chi connectivity index (χ2n) is 3.78. The maximum absolute atomic E-state index is 5.71. The molecule has 0 aliphatic rings. The van der Waals surface area contributed by atoms with E-state index in [9.17, 15) is 0 Å². The zero-order chi connectivity index (χ0) is 11.5. The van der Waals surface area contributed by atoms with Gasteiger partial charge in [-0.1, -0.05) is 13.8 Å². The van der Waals surface area contributed by atoms with Crippen LogP contribution in [0.5, 0.6) is 0 Å². The van der Waals surface area contributed by atoms with Gasteiger partial charge in [-0.15, -0.1) is 11.3 Å². The highest BCUT2D eigenvalue weighted by Gasteiger charge is 2.14. The minimum Gasteiger partial charge on any atom is -0.326 e. The van der Waals surface area contributed by atoms with E-state index < -0.39 is 0 Å². The standard InChI is InChI=1S/C11H14N4S/c1-7(2)10-9(5-12)16-11(15-10)8-6-13-3-4-14-8/h3-4,6-7H,5,12H2,1-2H3. The molecule has 0 atom stereocenters. The highest BCUT2D eigenvalue weighted by molar-refractivity contribution is 7.15. The van der Waals surface area contributed by atoms with Gasteiger partial charge in [-0.3, -0.25) is 9.97 Å². The molecular weight excluding hydrogens is 220 g/mol. The Labute approximate surface area is 98.6 Å². The average molecular weight is 234 g/mol. The van der Waals surface area contributed by atoms with E-state index in [2.05, 4.69) is 28.8 Å². The zero-order valence-corrected chi connectivity index (χ0v) is 10.2. The van der Waals surface area contributed by atoms with Crippen molar-refractivity contribution >= 4 is 11.3 Å². The first-order valence-corrected chi connectivity index (χ1v) is 6.00. The summed E-state index contributed by atoms with van der Waals surface area (Å²) in [5.74, 6) is 0.389. The maximum atomic E-state index is 5.71. The second-order valence-corrected chi connectivity index (χ2v) is 4.86. The van der Waals surface area contributed by atoms with Gasteiger partial charge in [0.25, 0.3) is 0 Å². The Morgan fingerprint density at radius 3 is 2.69 bits per heavy atom. The van der Waals surface area contributed by atoms with Crippen molar-refractivity contribution in [3.8, 4) is 10.7 Å². The summed E-state index contributed by atoms with van der Waals surface area (Å²) < 4.78 is 0. The predicted molar refractivity (Wildman–Crippen MR) is 65.1 cm³/mol. The highest BCUT2D eigenvalue weighted by Crippen LogP contribution is 2.29. The fourth-order valence-electron chi connectivity index (χ4n) is 1.48. The summed E-state index contributed by atoms with van der Waals surface area (Å²) in [7, 11) is 0. The van der Waals surface area contributed by atoms with Crippen molar-refractivity contribution in [2.45, 2.75) is 26.3 Å². The lowest BCUT2D eigenvalue weighted by Crippen LogP contribution is -1.99. The van der Waals surface area contributed by atoms with Crippen molar-refractivity contribution in [1.82, 2.24) is 15.0 Å². The fraction of sp³-hybridized carbons (Fsp3) is 0.364. The van der Waals surface area contributed by atoms with E-state index in [1.165, 1.54) is 0 Å².